The van der Waals surface area contributed by atoms with Crippen molar-refractivity contribution in [1.29, 1.82) is 0 Å². The summed E-state index contributed by atoms with van der Waals surface area (Å²) in [5.41, 5.74) is 6.37. The summed E-state index contributed by atoms with van der Waals surface area (Å²) in [7, 11) is 0. The molecule has 0 aliphatic carbocycles. The Labute approximate surface area is 146 Å². The summed E-state index contributed by atoms with van der Waals surface area (Å²) >= 11 is 0. The number of fused-ring (bicyclic) bond motifs is 2. The number of benzene rings is 1. The van der Waals surface area contributed by atoms with E-state index in [9.17, 15) is 9.90 Å². The van der Waals surface area contributed by atoms with E-state index in [1.165, 1.54) is 11.1 Å². The van der Waals surface area contributed by atoms with Crippen LogP contribution in [0.15, 0.2) is 42.6 Å². The van der Waals surface area contributed by atoms with Gasteiger partial charge in [-0.15, -0.1) is 0 Å². The summed E-state index contributed by atoms with van der Waals surface area (Å²) in [6.07, 6.45) is 2.98. The third kappa shape index (κ3) is 3.15. The molecule has 0 bridgehead atoms. The first-order valence-corrected chi connectivity index (χ1v) is 8.57. The Kier molecular flexibility index (Phi) is 4.01. The number of aryl methyl sites for hydroxylation is 1. The molecule has 0 saturated carbocycles. The van der Waals surface area contributed by atoms with Gasteiger partial charge in [0.25, 0.3) is 0 Å². The van der Waals surface area contributed by atoms with Crippen LogP contribution in [0, 0.1) is 6.92 Å². The van der Waals surface area contributed by atoms with Crippen molar-refractivity contribution < 1.29 is 9.90 Å². The smallest absolute Gasteiger partial charge is 0.309 e. The van der Waals surface area contributed by atoms with Crippen LogP contribution in [-0.2, 0) is 30.7 Å². The fraction of sp³-hybridized carbons (Fsp3) is 0.300. The van der Waals surface area contributed by atoms with Gasteiger partial charge in [-0.3, -0.25) is 9.69 Å². The Hall–Kier alpha value is -2.66. The van der Waals surface area contributed by atoms with Crippen LogP contribution in [0.25, 0.3) is 5.65 Å². The van der Waals surface area contributed by atoms with Crippen LogP contribution >= 0.6 is 0 Å². The molecular formula is C20H21N3O2. The van der Waals surface area contributed by atoms with Crippen LogP contribution in [0.5, 0.6) is 0 Å². The quantitative estimate of drug-likeness (QED) is 0.796. The predicted molar refractivity (Wildman–Crippen MR) is 95.5 cm³/mol. The first-order chi connectivity index (χ1) is 12.1. The Morgan fingerprint density at radius 1 is 1.24 bits per heavy atom. The lowest BCUT2D eigenvalue weighted by Crippen LogP contribution is -2.30. The molecule has 3 heterocycles. The highest BCUT2D eigenvalue weighted by molar-refractivity contribution is 5.70. The second-order valence-electron chi connectivity index (χ2n) is 6.74. The van der Waals surface area contributed by atoms with Crippen LogP contribution in [0.2, 0.25) is 0 Å². The Balaban J connectivity index is 1.67. The van der Waals surface area contributed by atoms with Crippen molar-refractivity contribution in [3.05, 3.63) is 70.7 Å². The fourth-order valence-electron chi connectivity index (χ4n) is 3.60. The monoisotopic (exact) mass is 335 g/mol. The van der Waals surface area contributed by atoms with Gasteiger partial charge >= 0.3 is 5.97 Å². The van der Waals surface area contributed by atoms with Crippen LogP contribution in [0.4, 0.5) is 0 Å². The number of carbonyl (C=O) groups is 1. The molecular weight excluding hydrogens is 314 g/mol. The molecule has 5 nitrogen and oxygen atoms in total. The number of hydrogen-bond acceptors (Lipinski definition) is 3. The van der Waals surface area contributed by atoms with Crippen molar-refractivity contribution in [1.82, 2.24) is 14.3 Å². The Morgan fingerprint density at radius 2 is 2.04 bits per heavy atom. The Morgan fingerprint density at radius 3 is 2.84 bits per heavy atom. The second kappa shape index (κ2) is 6.33. The van der Waals surface area contributed by atoms with Gasteiger partial charge in [0.15, 0.2) is 0 Å². The molecule has 4 rings (SSSR count). The number of imidazole rings is 1. The third-order valence-electron chi connectivity index (χ3n) is 4.87. The number of rotatable bonds is 4. The molecule has 0 spiro atoms. The molecule has 0 atom stereocenters. The second-order valence-corrected chi connectivity index (χ2v) is 6.74. The van der Waals surface area contributed by atoms with E-state index < -0.39 is 5.97 Å². The molecule has 0 radical (unpaired) electrons. The first kappa shape index (κ1) is 15.8. The highest BCUT2D eigenvalue weighted by Gasteiger charge is 2.21. The molecule has 0 fully saturated rings. The number of nitrogens with zero attached hydrogens (tertiary/aromatic N) is 3. The zero-order chi connectivity index (χ0) is 17.4. The minimum Gasteiger partial charge on any atom is -0.481 e. The first-order valence-electron chi connectivity index (χ1n) is 8.57. The topological polar surface area (TPSA) is 57.8 Å². The predicted octanol–water partition coefficient (Wildman–Crippen LogP) is 2.83. The molecule has 1 N–H and O–H groups in total. The van der Waals surface area contributed by atoms with Crippen LogP contribution in [-0.4, -0.2) is 31.9 Å². The maximum atomic E-state index is 11.3. The van der Waals surface area contributed by atoms with Crippen LogP contribution < -0.4 is 0 Å². The molecule has 5 heteroatoms. The lowest BCUT2D eigenvalue weighted by Gasteiger charge is -2.28. The zero-order valence-corrected chi connectivity index (χ0v) is 14.3. The number of aliphatic carboxylic acids is 1. The molecule has 1 aromatic carbocycles. The number of aromatic nitrogens is 2. The average molecular weight is 335 g/mol. The standard InChI is InChI=1S/C20H21N3O2/c1-14-6-9-23-18(17(11-20(24)25)21-19(23)10-14)13-22-8-7-15-4-2-3-5-16(15)12-22/h2-6,9-10H,7-8,11-13H2,1H3,(H,24,25). The molecule has 1 aliphatic heterocycles. The highest BCUT2D eigenvalue weighted by atomic mass is 16.4. The number of hydrogen-bond donors (Lipinski definition) is 1. The van der Waals surface area contributed by atoms with Crippen molar-refractivity contribution in [2.24, 2.45) is 0 Å². The van der Waals surface area contributed by atoms with Crippen molar-refractivity contribution in [2.75, 3.05) is 6.54 Å². The summed E-state index contributed by atoms with van der Waals surface area (Å²) in [6, 6.07) is 12.6. The lowest BCUT2D eigenvalue weighted by atomic mass is 10.00. The van der Waals surface area contributed by atoms with Crippen molar-refractivity contribution >= 4 is 11.6 Å². The van der Waals surface area contributed by atoms with Gasteiger partial charge in [0, 0.05) is 25.8 Å². The summed E-state index contributed by atoms with van der Waals surface area (Å²) in [6.45, 7) is 4.60. The lowest BCUT2D eigenvalue weighted by molar-refractivity contribution is -0.136. The third-order valence-corrected chi connectivity index (χ3v) is 4.87. The molecule has 0 unspecified atom stereocenters. The largest absolute Gasteiger partial charge is 0.481 e. The van der Waals surface area contributed by atoms with Gasteiger partial charge in [-0.25, -0.2) is 4.98 Å². The number of pyridine rings is 1. The summed E-state index contributed by atoms with van der Waals surface area (Å²) in [4.78, 5) is 18.2. The van der Waals surface area contributed by atoms with Crippen LogP contribution in [0.3, 0.4) is 0 Å². The molecule has 128 valence electrons. The van der Waals surface area contributed by atoms with Crippen molar-refractivity contribution in [3.63, 3.8) is 0 Å². The maximum Gasteiger partial charge on any atom is 0.309 e. The van der Waals surface area contributed by atoms with Crippen LogP contribution in [0.1, 0.15) is 28.1 Å². The van der Waals surface area contributed by atoms with E-state index in [4.69, 9.17) is 0 Å². The highest BCUT2D eigenvalue weighted by Crippen LogP contribution is 2.23. The minimum atomic E-state index is -0.842. The fourth-order valence-corrected chi connectivity index (χ4v) is 3.60. The van der Waals surface area contributed by atoms with E-state index in [0.717, 1.165) is 36.4 Å². The summed E-state index contributed by atoms with van der Waals surface area (Å²) < 4.78 is 2.03. The molecule has 3 aromatic rings. The van der Waals surface area contributed by atoms with Gasteiger partial charge in [-0.1, -0.05) is 24.3 Å². The SMILES string of the molecule is Cc1ccn2c(CN3CCc4ccccc4C3)c(CC(=O)O)nc2c1. The van der Waals surface area contributed by atoms with Gasteiger partial charge in [-0.2, -0.15) is 0 Å². The number of carboxylic acids is 1. The summed E-state index contributed by atoms with van der Waals surface area (Å²) in [5, 5.41) is 9.24. The normalized spacial score (nSPS) is 14.6. The molecule has 25 heavy (non-hydrogen) atoms. The minimum absolute atomic E-state index is 0.0412. The molecule has 0 saturated heterocycles. The van der Waals surface area contributed by atoms with Gasteiger partial charge < -0.3 is 9.51 Å². The van der Waals surface area contributed by atoms with E-state index in [1.807, 2.05) is 29.7 Å². The molecule has 0 amide bonds. The molecule has 2 aromatic heterocycles. The van der Waals surface area contributed by atoms with Gasteiger partial charge in [0.05, 0.1) is 17.8 Å². The van der Waals surface area contributed by atoms with E-state index in [0.29, 0.717) is 12.2 Å². The zero-order valence-electron chi connectivity index (χ0n) is 14.3. The van der Waals surface area contributed by atoms with Crippen molar-refractivity contribution in [2.45, 2.75) is 32.9 Å². The maximum absolute atomic E-state index is 11.3. The van der Waals surface area contributed by atoms with E-state index in [2.05, 4.69) is 34.1 Å². The molecule has 1 aliphatic rings. The number of carboxylic acid groups (broad SMARTS) is 1. The van der Waals surface area contributed by atoms with Gasteiger partial charge in [0.1, 0.15) is 5.65 Å². The van der Waals surface area contributed by atoms with Crippen molar-refractivity contribution in [3.8, 4) is 0 Å². The van der Waals surface area contributed by atoms with Gasteiger partial charge in [0.2, 0.25) is 0 Å². The summed E-state index contributed by atoms with van der Waals surface area (Å²) in [5.74, 6) is -0.842. The van der Waals surface area contributed by atoms with E-state index >= 15 is 0 Å². The van der Waals surface area contributed by atoms with Gasteiger partial charge in [-0.05, 0) is 42.2 Å². The average Bonchev–Trinajstić information content (AvgIpc) is 2.90. The van der Waals surface area contributed by atoms with E-state index in [-0.39, 0.29) is 6.42 Å². The van der Waals surface area contributed by atoms with E-state index in [1.54, 1.807) is 0 Å². The Bertz CT molecular complexity index is 945.